The number of amides is 3. The second-order valence-electron chi connectivity index (χ2n) is 9.84. The molecule has 0 aliphatic carbocycles. The molecule has 4 aromatic rings. The molecular formula is C35H35N3O5S. The molecule has 0 aliphatic heterocycles. The summed E-state index contributed by atoms with van der Waals surface area (Å²) in [6, 6.07) is 28.8. The monoisotopic (exact) mass is 609 g/mol. The summed E-state index contributed by atoms with van der Waals surface area (Å²) in [5.74, 6) is 0.0683. The molecule has 4 rings (SSSR count). The first-order valence-corrected chi connectivity index (χ1v) is 14.9. The fraction of sp³-hybridized carbons (Fsp3) is 0.171. The fourth-order valence-electron chi connectivity index (χ4n) is 4.32. The van der Waals surface area contributed by atoms with E-state index in [9.17, 15) is 14.4 Å². The van der Waals surface area contributed by atoms with Crippen LogP contribution in [0.5, 0.6) is 11.5 Å². The van der Waals surface area contributed by atoms with E-state index in [0.29, 0.717) is 34.9 Å². The summed E-state index contributed by atoms with van der Waals surface area (Å²) in [6.07, 6.45) is 2.22. The Morgan fingerprint density at radius 3 is 2.32 bits per heavy atom. The minimum Gasteiger partial charge on any atom is -0.497 e. The highest BCUT2D eigenvalue weighted by molar-refractivity contribution is 8.00. The van der Waals surface area contributed by atoms with Crippen molar-refractivity contribution in [3.63, 3.8) is 0 Å². The molecule has 0 saturated heterocycles. The number of hydrogen-bond acceptors (Lipinski definition) is 6. The van der Waals surface area contributed by atoms with Crippen molar-refractivity contribution in [1.29, 1.82) is 0 Å². The number of benzene rings is 4. The first-order chi connectivity index (χ1) is 21.3. The van der Waals surface area contributed by atoms with Crippen LogP contribution in [0.25, 0.3) is 6.08 Å². The molecule has 0 radical (unpaired) electrons. The number of thioether (sulfide) groups is 1. The van der Waals surface area contributed by atoms with Gasteiger partial charge in [0.25, 0.3) is 11.8 Å². The van der Waals surface area contributed by atoms with Crippen LogP contribution in [0.1, 0.15) is 34.8 Å². The van der Waals surface area contributed by atoms with E-state index in [4.69, 9.17) is 9.47 Å². The van der Waals surface area contributed by atoms with Crippen LogP contribution in [0.2, 0.25) is 0 Å². The van der Waals surface area contributed by atoms with Gasteiger partial charge in [-0.1, -0.05) is 61.0 Å². The summed E-state index contributed by atoms with van der Waals surface area (Å²) in [7, 11) is 3.10. The molecule has 226 valence electrons. The van der Waals surface area contributed by atoms with Crippen molar-refractivity contribution >= 4 is 46.9 Å². The smallest absolute Gasteiger partial charge is 0.272 e. The normalized spacial score (nSPS) is 11.7. The molecular weight excluding hydrogens is 574 g/mol. The van der Waals surface area contributed by atoms with Gasteiger partial charge >= 0.3 is 0 Å². The molecule has 8 nitrogen and oxygen atoms in total. The summed E-state index contributed by atoms with van der Waals surface area (Å²) in [4.78, 5) is 40.4. The van der Waals surface area contributed by atoms with Gasteiger partial charge in [-0.3, -0.25) is 14.4 Å². The number of anilines is 2. The van der Waals surface area contributed by atoms with Crippen LogP contribution >= 0.6 is 11.8 Å². The zero-order chi connectivity index (χ0) is 31.5. The maximum absolute atomic E-state index is 13.5. The number of methoxy groups -OCH3 is 2. The quantitative estimate of drug-likeness (QED) is 0.119. The number of ether oxygens (including phenoxy) is 2. The number of carbonyl (C=O) groups excluding carboxylic acids is 3. The van der Waals surface area contributed by atoms with Gasteiger partial charge in [0.1, 0.15) is 17.2 Å². The van der Waals surface area contributed by atoms with E-state index in [0.717, 1.165) is 16.0 Å². The van der Waals surface area contributed by atoms with Crippen LogP contribution in [0, 0.1) is 6.92 Å². The molecule has 9 heteroatoms. The van der Waals surface area contributed by atoms with Crippen LogP contribution in [-0.2, 0) is 9.59 Å². The lowest BCUT2D eigenvalue weighted by Crippen LogP contribution is -2.30. The van der Waals surface area contributed by atoms with Gasteiger partial charge in [-0.05, 0) is 67.4 Å². The second kappa shape index (κ2) is 15.5. The summed E-state index contributed by atoms with van der Waals surface area (Å²) in [6.45, 7) is 3.89. The Morgan fingerprint density at radius 1 is 0.841 bits per heavy atom. The lowest BCUT2D eigenvalue weighted by atomic mass is 10.1. The summed E-state index contributed by atoms with van der Waals surface area (Å²) in [5.41, 5.74) is 3.41. The first-order valence-electron chi connectivity index (χ1n) is 14.0. The van der Waals surface area contributed by atoms with Crippen LogP contribution in [-0.4, -0.2) is 37.2 Å². The highest BCUT2D eigenvalue weighted by Crippen LogP contribution is 2.32. The number of aryl methyl sites for hydroxylation is 1. The van der Waals surface area contributed by atoms with Crippen molar-refractivity contribution in [1.82, 2.24) is 5.32 Å². The van der Waals surface area contributed by atoms with Crippen LogP contribution < -0.4 is 25.4 Å². The largest absolute Gasteiger partial charge is 0.497 e. The number of carbonyl (C=O) groups is 3. The average Bonchev–Trinajstić information content (AvgIpc) is 3.04. The Bertz CT molecular complexity index is 1660. The molecule has 0 bridgehead atoms. The third-order valence-electron chi connectivity index (χ3n) is 6.58. The molecule has 3 N–H and O–H groups in total. The molecule has 0 heterocycles. The first kappa shape index (κ1) is 31.9. The molecule has 3 amide bonds. The number of hydrogen-bond donors (Lipinski definition) is 3. The van der Waals surface area contributed by atoms with Crippen molar-refractivity contribution < 1.29 is 23.9 Å². The second-order valence-corrected chi connectivity index (χ2v) is 11.1. The lowest BCUT2D eigenvalue weighted by molar-refractivity contribution is -0.116. The molecule has 1 atom stereocenters. The van der Waals surface area contributed by atoms with Crippen molar-refractivity contribution in [3.05, 3.63) is 119 Å². The average molecular weight is 610 g/mol. The van der Waals surface area contributed by atoms with Gasteiger partial charge in [-0.25, -0.2) is 0 Å². The van der Waals surface area contributed by atoms with Gasteiger partial charge in [0.2, 0.25) is 5.91 Å². The third kappa shape index (κ3) is 8.75. The van der Waals surface area contributed by atoms with Crippen molar-refractivity contribution in [2.45, 2.75) is 30.4 Å². The molecule has 1 unspecified atom stereocenters. The maximum Gasteiger partial charge on any atom is 0.272 e. The van der Waals surface area contributed by atoms with Gasteiger partial charge in [-0.2, -0.15) is 0 Å². The number of rotatable bonds is 12. The van der Waals surface area contributed by atoms with E-state index in [-0.39, 0.29) is 11.6 Å². The van der Waals surface area contributed by atoms with Gasteiger partial charge in [0, 0.05) is 22.2 Å². The van der Waals surface area contributed by atoms with Crippen LogP contribution in [0.3, 0.4) is 0 Å². The summed E-state index contributed by atoms with van der Waals surface area (Å²) < 4.78 is 10.7. The van der Waals surface area contributed by atoms with Gasteiger partial charge < -0.3 is 25.4 Å². The zero-order valence-corrected chi connectivity index (χ0v) is 25.9. The predicted octanol–water partition coefficient (Wildman–Crippen LogP) is 6.93. The van der Waals surface area contributed by atoms with E-state index in [1.165, 1.54) is 18.9 Å². The lowest BCUT2D eigenvalue weighted by Gasteiger charge is -2.17. The SMILES string of the molecule is CCC(Sc1cccc(NC(=O)/C(=C\c2cccc(C)c2)NC(=O)c2ccccc2)c1)C(=O)Nc1ccc(OC)cc1OC. The van der Waals surface area contributed by atoms with E-state index in [2.05, 4.69) is 16.0 Å². The Kier molecular flexibility index (Phi) is 11.2. The Morgan fingerprint density at radius 2 is 1.61 bits per heavy atom. The van der Waals surface area contributed by atoms with Crippen LogP contribution in [0.15, 0.2) is 108 Å². The predicted molar refractivity (Wildman–Crippen MR) is 176 cm³/mol. The molecule has 44 heavy (non-hydrogen) atoms. The van der Waals surface area contributed by atoms with Crippen molar-refractivity contribution in [2.24, 2.45) is 0 Å². The standard InChI is InChI=1S/C35H35N3O5S/c1-5-32(35(41)37-29-18-17-27(42-3)22-31(29)43-4)44-28-16-10-15-26(21-28)36-34(40)30(20-24-12-9-11-23(2)19-24)38-33(39)25-13-7-6-8-14-25/h6-22,32H,5H2,1-4H3,(H,36,40)(H,37,41)(H,38,39)/b30-20+. The van der Waals surface area contributed by atoms with Gasteiger partial charge in [0.15, 0.2) is 0 Å². The Hall–Kier alpha value is -5.02. The molecule has 0 fully saturated rings. The molecule has 0 saturated carbocycles. The summed E-state index contributed by atoms with van der Waals surface area (Å²) >= 11 is 1.39. The van der Waals surface area contributed by atoms with Gasteiger partial charge in [-0.15, -0.1) is 11.8 Å². The van der Waals surface area contributed by atoms with E-state index in [1.54, 1.807) is 67.8 Å². The molecule has 4 aromatic carbocycles. The minimum atomic E-state index is -0.477. The van der Waals surface area contributed by atoms with Crippen LogP contribution in [0.4, 0.5) is 11.4 Å². The molecule has 0 aromatic heterocycles. The topological polar surface area (TPSA) is 106 Å². The molecule has 0 spiro atoms. The van der Waals surface area contributed by atoms with Crippen molar-refractivity contribution in [2.75, 3.05) is 24.9 Å². The van der Waals surface area contributed by atoms with Gasteiger partial charge in [0.05, 0.1) is 25.2 Å². The van der Waals surface area contributed by atoms with E-state index in [1.807, 2.05) is 56.3 Å². The Balaban J connectivity index is 1.50. The fourth-order valence-corrected chi connectivity index (χ4v) is 5.33. The highest BCUT2D eigenvalue weighted by Gasteiger charge is 2.21. The highest BCUT2D eigenvalue weighted by atomic mass is 32.2. The summed E-state index contributed by atoms with van der Waals surface area (Å²) in [5, 5.41) is 8.20. The number of nitrogens with one attached hydrogen (secondary N) is 3. The minimum absolute atomic E-state index is 0.0989. The van der Waals surface area contributed by atoms with E-state index < -0.39 is 17.1 Å². The zero-order valence-electron chi connectivity index (χ0n) is 25.0. The van der Waals surface area contributed by atoms with E-state index >= 15 is 0 Å². The maximum atomic E-state index is 13.5. The third-order valence-corrected chi connectivity index (χ3v) is 7.94. The molecule has 0 aliphatic rings. The Labute approximate surface area is 261 Å². The van der Waals surface area contributed by atoms with Crippen molar-refractivity contribution in [3.8, 4) is 11.5 Å².